The maximum Gasteiger partial charge on any atom is 0.229 e. The number of aromatic nitrogens is 3. The van der Waals surface area contributed by atoms with Crippen molar-refractivity contribution < 1.29 is 4.79 Å². The average molecular weight is 345 g/mol. The summed E-state index contributed by atoms with van der Waals surface area (Å²) in [7, 11) is 0. The molecule has 138 valence electrons. The molecule has 2 saturated heterocycles. The maximum atomic E-state index is 13.1. The molecule has 1 aromatic rings. The monoisotopic (exact) mass is 345 g/mol. The van der Waals surface area contributed by atoms with Gasteiger partial charge in [-0.15, -0.1) is 5.10 Å². The minimum Gasteiger partial charge on any atom is -0.342 e. The molecule has 1 aromatic heterocycles. The van der Waals surface area contributed by atoms with Gasteiger partial charge in [0.25, 0.3) is 0 Å². The third-order valence-electron chi connectivity index (χ3n) is 6.39. The topological polar surface area (TPSA) is 54.3 Å². The molecule has 3 fully saturated rings. The summed E-state index contributed by atoms with van der Waals surface area (Å²) >= 11 is 0. The van der Waals surface area contributed by atoms with Gasteiger partial charge in [-0.3, -0.25) is 4.79 Å². The number of amides is 1. The van der Waals surface area contributed by atoms with Gasteiger partial charge >= 0.3 is 0 Å². The van der Waals surface area contributed by atoms with Gasteiger partial charge in [0.2, 0.25) is 5.91 Å². The summed E-state index contributed by atoms with van der Waals surface area (Å²) in [6, 6.07) is 0.398. The Hall–Kier alpha value is -1.43. The molecule has 1 atom stereocenters. The van der Waals surface area contributed by atoms with Gasteiger partial charge in [-0.25, -0.2) is 4.68 Å². The van der Waals surface area contributed by atoms with Crippen LogP contribution >= 0.6 is 0 Å². The van der Waals surface area contributed by atoms with Gasteiger partial charge in [0.1, 0.15) is 0 Å². The van der Waals surface area contributed by atoms with Gasteiger partial charge in [-0.05, 0) is 58.5 Å². The number of hydrogen-bond acceptors (Lipinski definition) is 4. The molecular formula is C19H31N5O. The van der Waals surface area contributed by atoms with Crippen LogP contribution < -0.4 is 0 Å². The lowest BCUT2D eigenvalue weighted by atomic mass is 9.80. The highest BCUT2D eigenvalue weighted by Gasteiger charge is 2.41. The molecular weight excluding hydrogens is 314 g/mol. The SMILES string of the molecule is CCN1CCCC(C)(C(=O)N2CCC(n3cc(C4CC4)nn3)CC2)C1. The van der Waals surface area contributed by atoms with Gasteiger partial charge in [-0.1, -0.05) is 12.1 Å². The summed E-state index contributed by atoms with van der Waals surface area (Å²) in [6.45, 7) is 9.15. The Balaban J connectivity index is 1.35. The summed E-state index contributed by atoms with van der Waals surface area (Å²) in [4.78, 5) is 17.7. The molecule has 6 nitrogen and oxygen atoms in total. The van der Waals surface area contributed by atoms with E-state index in [1.165, 1.54) is 12.8 Å². The number of likely N-dealkylation sites (tertiary alicyclic amines) is 2. The molecule has 2 aliphatic heterocycles. The third kappa shape index (κ3) is 3.46. The normalized spacial score (nSPS) is 29.1. The fourth-order valence-corrected chi connectivity index (χ4v) is 4.54. The van der Waals surface area contributed by atoms with Crippen molar-refractivity contribution in [3.8, 4) is 0 Å². The summed E-state index contributed by atoms with van der Waals surface area (Å²) in [5.41, 5.74) is 0.959. The molecule has 3 aliphatic rings. The Morgan fingerprint density at radius 2 is 2.00 bits per heavy atom. The highest BCUT2D eigenvalue weighted by atomic mass is 16.2. The van der Waals surface area contributed by atoms with Crippen molar-refractivity contribution in [2.45, 2.75) is 64.3 Å². The molecule has 0 N–H and O–H groups in total. The molecule has 6 heteroatoms. The lowest BCUT2D eigenvalue weighted by Gasteiger charge is -2.43. The van der Waals surface area contributed by atoms with E-state index in [0.717, 1.165) is 64.1 Å². The van der Waals surface area contributed by atoms with E-state index in [1.807, 2.05) is 0 Å². The first kappa shape index (κ1) is 17.0. The van der Waals surface area contributed by atoms with Crippen molar-refractivity contribution in [1.29, 1.82) is 0 Å². The standard InChI is InChI=1S/C19H31N5O/c1-3-22-10-4-9-19(2,14-22)18(25)23-11-7-16(8-12-23)24-13-17(20-21-24)15-5-6-15/h13,15-16H,3-12,14H2,1-2H3. The molecule has 1 saturated carbocycles. The molecule has 1 aliphatic carbocycles. The second-order valence-electron chi connectivity index (χ2n) is 8.45. The van der Waals surface area contributed by atoms with Crippen LogP contribution in [0.5, 0.6) is 0 Å². The maximum absolute atomic E-state index is 13.1. The van der Waals surface area contributed by atoms with Crippen LogP contribution in [0, 0.1) is 5.41 Å². The second-order valence-corrected chi connectivity index (χ2v) is 8.45. The van der Waals surface area contributed by atoms with Crippen LogP contribution in [0.1, 0.15) is 70.0 Å². The first-order valence-electron chi connectivity index (χ1n) is 10.0. The number of rotatable bonds is 4. The predicted molar refractivity (Wildman–Crippen MR) is 96.3 cm³/mol. The van der Waals surface area contributed by atoms with Gasteiger partial charge in [0.05, 0.1) is 17.2 Å². The highest BCUT2D eigenvalue weighted by molar-refractivity contribution is 5.82. The molecule has 0 bridgehead atoms. The van der Waals surface area contributed by atoms with Gasteiger partial charge in [-0.2, -0.15) is 0 Å². The first-order chi connectivity index (χ1) is 12.1. The van der Waals surface area contributed by atoms with Crippen molar-refractivity contribution in [2.24, 2.45) is 5.41 Å². The Bertz CT molecular complexity index is 617. The summed E-state index contributed by atoms with van der Waals surface area (Å²) in [5.74, 6) is 1.02. The van der Waals surface area contributed by atoms with Crippen molar-refractivity contribution in [3.05, 3.63) is 11.9 Å². The summed E-state index contributed by atoms with van der Waals surface area (Å²) < 4.78 is 2.05. The van der Waals surface area contributed by atoms with E-state index >= 15 is 0 Å². The number of piperidine rings is 2. The van der Waals surface area contributed by atoms with Crippen molar-refractivity contribution >= 4 is 5.91 Å². The molecule has 1 unspecified atom stereocenters. The highest BCUT2D eigenvalue weighted by Crippen LogP contribution is 2.39. The first-order valence-corrected chi connectivity index (χ1v) is 10.0. The average Bonchev–Trinajstić information content (AvgIpc) is 3.38. The summed E-state index contributed by atoms with van der Waals surface area (Å²) in [5, 5.41) is 8.69. The van der Waals surface area contributed by atoms with Crippen LogP contribution in [0.15, 0.2) is 6.20 Å². The van der Waals surface area contributed by atoms with E-state index in [2.05, 4.69) is 44.8 Å². The van der Waals surface area contributed by atoms with Crippen LogP contribution in [0.25, 0.3) is 0 Å². The van der Waals surface area contributed by atoms with E-state index in [4.69, 9.17) is 0 Å². The van der Waals surface area contributed by atoms with E-state index < -0.39 is 0 Å². The number of carbonyl (C=O) groups is 1. The lowest BCUT2D eigenvalue weighted by Crippen LogP contribution is -2.53. The van der Waals surface area contributed by atoms with Crippen LogP contribution in [-0.2, 0) is 4.79 Å². The van der Waals surface area contributed by atoms with Crippen molar-refractivity contribution in [2.75, 3.05) is 32.7 Å². The van der Waals surface area contributed by atoms with E-state index in [1.54, 1.807) is 0 Å². The third-order valence-corrected chi connectivity index (χ3v) is 6.39. The molecule has 0 radical (unpaired) electrons. The fraction of sp³-hybridized carbons (Fsp3) is 0.842. The minimum atomic E-state index is -0.201. The van der Waals surface area contributed by atoms with Crippen molar-refractivity contribution in [1.82, 2.24) is 24.8 Å². The Morgan fingerprint density at radius 1 is 1.24 bits per heavy atom. The van der Waals surface area contributed by atoms with Crippen LogP contribution in [-0.4, -0.2) is 63.4 Å². The summed E-state index contributed by atoms with van der Waals surface area (Å²) in [6.07, 6.45) is 8.81. The predicted octanol–water partition coefficient (Wildman–Crippen LogP) is 2.44. The van der Waals surface area contributed by atoms with E-state index in [9.17, 15) is 4.79 Å². The van der Waals surface area contributed by atoms with Crippen LogP contribution in [0.3, 0.4) is 0 Å². The van der Waals surface area contributed by atoms with Gasteiger partial charge in [0.15, 0.2) is 0 Å². The van der Waals surface area contributed by atoms with E-state index in [0.29, 0.717) is 17.9 Å². The zero-order chi connectivity index (χ0) is 17.4. The Morgan fingerprint density at radius 3 is 2.68 bits per heavy atom. The second kappa shape index (κ2) is 6.71. The fourth-order valence-electron chi connectivity index (χ4n) is 4.54. The zero-order valence-electron chi connectivity index (χ0n) is 15.7. The smallest absolute Gasteiger partial charge is 0.229 e. The molecule has 25 heavy (non-hydrogen) atoms. The minimum absolute atomic E-state index is 0.201. The van der Waals surface area contributed by atoms with E-state index in [-0.39, 0.29) is 5.41 Å². The van der Waals surface area contributed by atoms with Gasteiger partial charge < -0.3 is 9.80 Å². The molecule has 3 heterocycles. The Kier molecular flexibility index (Phi) is 4.56. The molecule has 0 spiro atoms. The van der Waals surface area contributed by atoms with Gasteiger partial charge in [0, 0.05) is 31.7 Å². The molecule has 0 aromatic carbocycles. The largest absolute Gasteiger partial charge is 0.342 e. The Labute approximate surface area is 150 Å². The number of hydrogen-bond donors (Lipinski definition) is 0. The number of carbonyl (C=O) groups excluding carboxylic acids is 1. The quantitative estimate of drug-likeness (QED) is 0.841. The molecule has 4 rings (SSSR count). The van der Waals surface area contributed by atoms with Crippen LogP contribution in [0.4, 0.5) is 0 Å². The lowest BCUT2D eigenvalue weighted by molar-refractivity contribution is -0.145. The van der Waals surface area contributed by atoms with Crippen molar-refractivity contribution in [3.63, 3.8) is 0 Å². The van der Waals surface area contributed by atoms with Crippen LogP contribution in [0.2, 0.25) is 0 Å². The number of nitrogens with zero attached hydrogens (tertiary/aromatic N) is 5. The zero-order valence-corrected chi connectivity index (χ0v) is 15.7. The molecule has 1 amide bonds.